The summed E-state index contributed by atoms with van der Waals surface area (Å²) in [6.45, 7) is 4.70. The highest BCUT2D eigenvalue weighted by molar-refractivity contribution is 5.83. The Morgan fingerprint density at radius 1 is 1.07 bits per heavy atom. The van der Waals surface area contributed by atoms with Gasteiger partial charge in [-0.2, -0.15) is 0 Å². The van der Waals surface area contributed by atoms with E-state index in [-0.39, 0.29) is 17.7 Å². The van der Waals surface area contributed by atoms with Gasteiger partial charge in [-0.25, -0.2) is 4.57 Å². The molecule has 0 aliphatic heterocycles. The molecule has 2 aromatic heterocycles. The SMILES string of the molecule is CC(C)c1cc(-c2nnc(O)n2-c2ccc3c(ccn3C)c2)c(O)cc1CCN. The highest BCUT2D eigenvalue weighted by atomic mass is 16.3. The van der Waals surface area contributed by atoms with Gasteiger partial charge in [0.25, 0.3) is 0 Å². The number of fused-ring (bicyclic) bond motifs is 1. The first-order valence-electron chi connectivity index (χ1n) is 9.66. The van der Waals surface area contributed by atoms with E-state index < -0.39 is 0 Å². The summed E-state index contributed by atoms with van der Waals surface area (Å²) in [4.78, 5) is 0. The maximum Gasteiger partial charge on any atom is 0.319 e. The lowest BCUT2D eigenvalue weighted by Crippen LogP contribution is -2.07. The number of aromatic nitrogens is 4. The third-order valence-corrected chi connectivity index (χ3v) is 5.31. The van der Waals surface area contributed by atoms with Crippen LogP contribution in [0.25, 0.3) is 28.0 Å². The summed E-state index contributed by atoms with van der Waals surface area (Å²) in [6, 6.07) is 11.3. The third-order valence-electron chi connectivity index (χ3n) is 5.31. The number of nitrogens with zero attached hydrogens (tertiary/aromatic N) is 4. The van der Waals surface area contributed by atoms with Crippen molar-refractivity contribution < 1.29 is 10.2 Å². The number of aryl methyl sites for hydroxylation is 1. The van der Waals surface area contributed by atoms with Crippen LogP contribution in [0, 0.1) is 0 Å². The minimum Gasteiger partial charge on any atom is -0.507 e. The van der Waals surface area contributed by atoms with Crippen LogP contribution in [0.4, 0.5) is 0 Å². The number of hydrogen-bond donors (Lipinski definition) is 3. The van der Waals surface area contributed by atoms with E-state index in [0.29, 0.717) is 24.4 Å². The van der Waals surface area contributed by atoms with Crippen molar-refractivity contribution in [2.24, 2.45) is 12.8 Å². The second-order valence-corrected chi connectivity index (χ2v) is 7.59. The fraction of sp³-hybridized carbons (Fsp3) is 0.273. The number of phenolic OH excluding ortho intramolecular Hbond substituents is 1. The maximum atomic E-state index is 10.7. The Morgan fingerprint density at radius 2 is 1.86 bits per heavy atom. The molecule has 0 saturated heterocycles. The average molecular weight is 391 g/mol. The Morgan fingerprint density at radius 3 is 2.59 bits per heavy atom. The Bertz CT molecular complexity index is 1190. The van der Waals surface area contributed by atoms with Gasteiger partial charge in [0.1, 0.15) is 5.75 Å². The van der Waals surface area contributed by atoms with Crippen LogP contribution in [-0.2, 0) is 13.5 Å². The number of aromatic hydroxyl groups is 2. The third kappa shape index (κ3) is 3.23. The van der Waals surface area contributed by atoms with Gasteiger partial charge in [-0.15, -0.1) is 5.10 Å². The lowest BCUT2D eigenvalue weighted by molar-refractivity contribution is 0.420. The van der Waals surface area contributed by atoms with Crippen LogP contribution in [0.3, 0.4) is 0 Å². The smallest absolute Gasteiger partial charge is 0.319 e. The van der Waals surface area contributed by atoms with E-state index in [0.717, 1.165) is 27.7 Å². The fourth-order valence-corrected chi connectivity index (χ4v) is 3.83. The lowest BCUT2D eigenvalue weighted by atomic mass is 9.92. The van der Waals surface area contributed by atoms with Gasteiger partial charge in [-0.05, 0) is 66.4 Å². The molecule has 0 fully saturated rings. The molecule has 0 aliphatic carbocycles. The van der Waals surface area contributed by atoms with Gasteiger partial charge in [0.2, 0.25) is 0 Å². The van der Waals surface area contributed by atoms with Crippen molar-refractivity contribution >= 4 is 10.9 Å². The molecule has 4 rings (SSSR count). The highest BCUT2D eigenvalue weighted by Crippen LogP contribution is 2.36. The van der Waals surface area contributed by atoms with E-state index >= 15 is 0 Å². The maximum absolute atomic E-state index is 10.7. The first-order chi connectivity index (χ1) is 13.9. The quantitative estimate of drug-likeness (QED) is 0.483. The molecule has 0 amide bonds. The van der Waals surface area contributed by atoms with Crippen molar-refractivity contribution in [3.63, 3.8) is 0 Å². The second-order valence-electron chi connectivity index (χ2n) is 7.59. The van der Waals surface area contributed by atoms with Crippen molar-refractivity contribution in [2.45, 2.75) is 26.2 Å². The van der Waals surface area contributed by atoms with Gasteiger partial charge in [-0.3, -0.25) is 0 Å². The summed E-state index contributed by atoms with van der Waals surface area (Å²) in [6.07, 6.45) is 2.67. The molecule has 0 unspecified atom stereocenters. The van der Waals surface area contributed by atoms with E-state index in [4.69, 9.17) is 5.73 Å². The zero-order chi connectivity index (χ0) is 20.7. The Hall–Kier alpha value is -3.32. The Kier molecular flexibility index (Phi) is 4.76. The molecule has 2 heterocycles. The zero-order valence-electron chi connectivity index (χ0n) is 16.8. The van der Waals surface area contributed by atoms with Gasteiger partial charge in [0.05, 0.1) is 11.3 Å². The van der Waals surface area contributed by atoms with Crippen LogP contribution in [0.1, 0.15) is 30.9 Å². The fourth-order valence-electron chi connectivity index (χ4n) is 3.83. The molecular weight excluding hydrogens is 366 g/mol. The zero-order valence-corrected chi connectivity index (χ0v) is 16.8. The van der Waals surface area contributed by atoms with Crippen LogP contribution < -0.4 is 5.73 Å². The normalized spacial score (nSPS) is 11.6. The largest absolute Gasteiger partial charge is 0.507 e. The van der Waals surface area contributed by atoms with Crippen molar-refractivity contribution in [3.8, 4) is 28.8 Å². The minimum atomic E-state index is -0.230. The lowest BCUT2D eigenvalue weighted by Gasteiger charge is -2.16. The van der Waals surface area contributed by atoms with Gasteiger partial charge >= 0.3 is 6.01 Å². The molecule has 7 nitrogen and oxygen atoms in total. The number of benzene rings is 2. The first kappa shape index (κ1) is 19.0. The monoisotopic (exact) mass is 391 g/mol. The number of rotatable bonds is 5. The minimum absolute atomic E-state index is 0.0901. The van der Waals surface area contributed by atoms with E-state index in [1.807, 2.05) is 48.1 Å². The molecule has 150 valence electrons. The molecule has 0 spiro atoms. The van der Waals surface area contributed by atoms with Gasteiger partial charge in [0, 0.05) is 24.1 Å². The molecule has 2 aromatic carbocycles. The van der Waals surface area contributed by atoms with Crippen molar-refractivity contribution in [2.75, 3.05) is 6.54 Å². The van der Waals surface area contributed by atoms with E-state index in [1.54, 1.807) is 10.6 Å². The van der Waals surface area contributed by atoms with Gasteiger partial charge in [-0.1, -0.05) is 18.9 Å². The van der Waals surface area contributed by atoms with Crippen molar-refractivity contribution in [1.82, 2.24) is 19.3 Å². The topological polar surface area (TPSA) is 102 Å². The summed E-state index contributed by atoms with van der Waals surface area (Å²) in [5.74, 6) is 0.727. The van der Waals surface area contributed by atoms with Crippen LogP contribution in [-0.4, -0.2) is 36.1 Å². The highest BCUT2D eigenvalue weighted by Gasteiger charge is 2.21. The van der Waals surface area contributed by atoms with Crippen LogP contribution in [0.5, 0.6) is 11.8 Å². The molecule has 4 N–H and O–H groups in total. The number of hydrogen-bond acceptors (Lipinski definition) is 5. The summed E-state index contributed by atoms with van der Waals surface area (Å²) in [7, 11) is 1.98. The van der Waals surface area contributed by atoms with E-state index in [1.165, 1.54) is 0 Å². The molecular formula is C22H25N5O2. The first-order valence-corrected chi connectivity index (χ1v) is 9.66. The number of nitrogens with two attached hydrogens (primary N) is 1. The summed E-state index contributed by atoms with van der Waals surface area (Å²) in [5, 5.41) is 30.2. The van der Waals surface area contributed by atoms with E-state index in [2.05, 4.69) is 24.0 Å². The van der Waals surface area contributed by atoms with Gasteiger partial charge in [0.15, 0.2) is 5.82 Å². The van der Waals surface area contributed by atoms with Crippen LogP contribution in [0.15, 0.2) is 42.6 Å². The predicted molar refractivity (Wildman–Crippen MR) is 113 cm³/mol. The molecule has 7 heteroatoms. The number of phenols is 1. The predicted octanol–water partition coefficient (Wildman–Crippen LogP) is 3.46. The molecule has 0 saturated carbocycles. The van der Waals surface area contributed by atoms with Gasteiger partial charge < -0.3 is 20.5 Å². The second kappa shape index (κ2) is 7.25. The molecule has 0 radical (unpaired) electrons. The molecule has 0 bridgehead atoms. The van der Waals surface area contributed by atoms with Crippen LogP contribution in [0.2, 0.25) is 0 Å². The standard InChI is InChI=1S/C22H25N5O2/c1-13(2)17-12-18(20(28)11-14(17)6-8-23)21-24-25-22(29)27(21)16-4-5-19-15(10-16)7-9-26(19)3/h4-5,7,9-13,28H,6,8,23H2,1-3H3,(H,25,29). The van der Waals surface area contributed by atoms with E-state index in [9.17, 15) is 10.2 Å². The average Bonchev–Trinajstić information content (AvgIpc) is 3.24. The molecule has 4 aromatic rings. The van der Waals surface area contributed by atoms with Crippen molar-refractivity contribution in [3.05, 3.63) is 53.7 Å². The molecule has 0 aliphatic rings. The van der Waals surface area contributed by atoms with Crippen LogP contribution >= 0.6 is 0 Å². The van der Waals surface area contributed by atoms with Crippen molar-refractivity contribution in [1.29, 1.82) is 0 Å². The Labute approximate surface area is 169 Å². The molecule has 29 heavy (non-hydrogen) atoms. The summed E-state index contributed by atoms with van der Waals surface area (Å²) >= 11 is 0. The Balaban J connectivity index is 1.90. The summed E-state index contributed by atoms with van der Waals surface area (Å²) in [5.41, 5.74) is 10.2. The molecule has 0 atom stereocenters. The summed E-state index contributed by atoms with van der Waals surface area (Å²) < 4.78 is 3.58.